The van der Waals surface area contributed by atoms with Crippen molar-refractivity contribution in [2.45, 2.75) is 18.6 Å². The Kier molecular flexibility index (Phi) is 7.05. The molecule has 202 valence electrons. The third-order valence-corrected chi connectivity index (χ3v) is 8.18. The molecule has 0 atom stereocenters. The number of anilines is 1. The summed E-state index contributed by atoms with van der Waals surface area (Å²) in [6.07, 6.45) is 0. The van der Waals surface area contributed by atoms with E-state index in [2.05, 4.69) is 20.5 Å². The Morgan fingerprint density at radius 1 is 1.13 bits per heavy atom. The maximum atomic E-state index is 13.3. The Balaban J connectivity index is 1.51. The molecule has 1 amide bonds. The first-order valence-electron chi connectivity index (χ1n) is 11.4. The molecule has 5 aromatic rings. The highest BCUT2D eigenvalue weighted by atomic mass is 35.5. The lowest BCUT2D eigenvalue weighted by molar-refractivity contribution is -0.113. The largest absolute Gasteiger partial charge is 0.465 e. The molecule has 0 unspecified atom stereocenters. The van der Waals surface area contributed by atoms with E-state index < -0.39 is 23.1 Å². The third-order valence-electron chi connectivity index (χ3n) is 5.95. The lowest BCUT2D eigenvalue weighted by Gasteiger charge is -2.08. The van der Waals surface area contributed by atoms with Crippen LogP contribution in [0, 0.1) is 6.92 Å². The lowest BCUT2D eigenvalue weighted by Crippen LogP contribution is -2.37. The van der Waals surface area contributed by atoms with E-state index in [0.29, 0.717) is 32.2 Å². The van der Waals surface area contributed by atoms with E-state index in [1.807, 2.05) is 12.1 Å². The highest BCUT2D eigenvalue weighted by Gasteiger charge is 2.24. The van der Waals surface area contributed by atoms with Crippen LogP contribution in [0.3, 0.4) is 0 Å². The van der Waals surface area contributed by atoms with Crippen molar-refractivity contribution in [3.05, 3.63) is 66.3 Å². The zero-order chi connectivity index (χ0) is 28.0. The van der Waals surface area contributed by atoms with Gasteiger partial charge in [-0.2, -0.15) is 0 Å². The predicted molar refractivity (Wildman–Crippen MR) is 147 cm³/mol. The molecule has 0 saturated heterocycles. The number of carbonyl (C=O) groups is 2. The van der Waals surface area contributed by atoms with E-state index in [0.717, 1.165) is 33.2 Å². The number of methoxy groups -OCH3 is 1. The molecule has 0 aliphatic heterocycles. The Morgan fingerprint density at radius 2 is 1.85 bits per heavy atom. The van der Waals surface area contributed by atoms with Gasteiger partial charge in [-0.3, -0.25) is 23.3 Å². The van der Waals surface area contributed by atoms with Gasteiger partial charge in [0.15, 0.2) is 21.5 Å². The number of hydrogen-bond acceptors (Lipinski definition) is 10. The number of amides is 1. The van der Waals surface area contributed by atoms with Crippen LogP contribution >= 0.6 is 34.7 Å². The van der Waals surface area contributed by atoms with Crippen LogP contribution in [0.15, 0.2) is 39.0 Å². The smallest absolute Gasteiger partial charge is 0.350 e. The summed E-state index contributed by atoms with van der Waals surface area (Å²) in [5.41, 5.74) is 0.877. The average Bonchev–Trinajstić information content (AvgIpc) is 3.59. The number of carbonyl (C=O) groups excluding carboxylic acids is 2. The number of esters is 1. The maximum Gasteiger partial charge on any atom is 0.350 e. The minimum Gasteiger partial charge on any atom is -0.465 e. The summed E-state index contributed by atoms with van der Waals surface area (Å²) in [6, 6.07) is 7.16. The van der Waals surface area contributed by atoms with Gasteiger partial charge in [0.1, 0.15) is 4.88 Å². The first-order valence-corrected chi connectivity index (χ1v) is 13.5. The standard InChI is InChI=1S/C23H21ClN8O5S2/c1-11-16(19(35)37-4)39-20(25-11)26-14(33)10-38-22-28-27-21-31(9-12-5-7-13(24)8-6-12)15-17(32(21)22)29(2)23(36)30(3)18(15)34/h5-8H,9-10H2,1-4H3,(H,25,26,33). The minimum absolute atomic E-state index is 0.0738. The molecule has 1 aromatic carbocycles. The van der Waals surface area contributed by atoms with Gasteiger partial charge in [-0.25, -0.2) is 19.0 Å². The second-order valence-electron chi connectivity index (χ2n) is 8.47. The molecule has 13 nitrogen and oxygen atoms in total. The molecule has 39 heavy (non-hydrogen) atoms. The SMILES string of the molecule is COC(=O)c1sc(NC(=O)CSc2nnc3n(Cc4ccc(Cl)cc4)c4c(=O)n(C)c(=O)n(C)c4n23)nc1C. The van der Waals surface area contributed by atoms with Crippen LogP contribution in [-0.4, -0.2) is 58.0 Å². The van der Waals surface area contributed by atoms with E-state index in [4.69, 9.17) is 16.3 Å². The van der Waals surface area contributed by atoms with Crippen molar-refractivity contribution in [1.29, 1.82) is 0 Å². The van der Waals surface area contributed by atoms with E-state index in [1.54, 1.807) is 35.1 Å². The summed E-state index contributed by atoms with van der Waals surface area (Å²) in [6.45, 7) is 1.92. The summed E-state index contributed by atoms with van der Waals surface area (Å²) >= 11 is 8.12. The normalized spacial score (nSPS) is 11.4. The number of aromatic nitrogens is 7. The molecule has 0 fully saturated rings. The Bertz CT molecular complexity index is 1880. The highest BCUT2D eigenvalue weighted by Crippen LogP contribution is 2.26. The Morgan fingerprint density at radius 3 is 2.54 bits per heavy atom. The first kappa shape index (κ1) is 26.6. The van der Waals surface area contributed by atoms with E-state index in [9.17, 15) is 19.2 Å². The molecule has 0 radical (unpaired) electrons. The quantitative estimate of drug-likeness (QED) is 0.223. The van der Waals surface area contributed by atoms with Crippen molar-refractivity contribution in [2.75, 3.05) is 18.2 Å². The van der Waals surface area contributed by atoms with Crippen molar-refractivity contribution in [2.24, 2.45) is 14.1 Å². The molecule has 0 spiro atoms. The number of benzene rings is 1. The Hall–Kier alpha value is -3.95. The number of hydrogen-bond donors (Lipinski definition) is 1. The van der Waals surface area contributed by atoms with Crippen LogP contribution in [0.5, 0.6) is 0 Å². The second-order valence-corrected chi connectivity index (χ2v) is 10.8. The summed E-state index contributed by atoms with van der Waals surface area (Å²) in [4.78, 5) is 55.1. The molecular formula is C23H21ClN8O5S2. The van der Waals surface area contributed by atoms with Crippen LogP contribution in [0.25, 0.3) is 16.9 Å². The molecule has 16 heteroatoms. The third kappa shape index (κ3) is 4.72. The van der Waals surface area contributed by atoms with Gasteiger partial charge in [-0.15, -0.1) is 10.2 Å². The Labute approximate surface area is 233 Å². The number of fused-ring (bicyclic) bond motifs is 3. The number of imidazole rings is 1. The van der Waals surface area contributed by atoms with E-state index >= 15 is 0 Å². The maximum absolute atomic E-state index is 13.3. The number of rotatable bonds is 7. The lowest BCUT2D eigenvalue weighted by atomic mass is 10.2. The van der Waals surface area contributed by atoms with Crippen molar-refractivity contribution < 1.29 is 14.3 Å². The van der Waals surface area contributed by atoms with Crippen LogP contribution in [0.4, 0.5) is 5.13 Å². The molecule has 4 heterocycles. The molecule has 5 rings (SSSR count). The topological polar surface area (TPSA) is 147 Å². The fraction of sp³-hybridized carbons (Fsp3) is 0.261. The zero-order valence-corrected chi connectivity index (χ0v) is 23.5. The summed E-state index contributed by atoms with van der Waals surface area (Å²) < 4.78 is 10.4. The molecule has 0 aliphatic rings. The summed E-state index contributed by atoms with van der Waals surface area (Å²) in [5.74, 6) is -0.663. The van der Waals surface area contributed by atoms with Gasteiger partial charge in [0, 0.05) is 19.1 Å². The first-order chi connectivity index (χ1) is 18.6. The van der Waals surface area contributed by atoms with Crippen molar-refractivity contribution in [3.63, 3.8) is 0 Å². The number of halogens is 1. The van der Waals surface area contributed by atoms with Crippen LogP contribution in [0.1, 0.15) is 20.9 Å². The van der Waals surface area contributed by atoms with Gasteiger partial charge in [0.25, 0.3) is 5.56 Å². The van der Waals surface area contributed by atoms with Crippen molar-refractivity contribution in [1.82, 2.24) is 33.3 Å². The van der Waals surface area contributed by atoms with Gasteiger partial charge in [-0.1, -0.05) is 46.8 Å². The summed E-state index contributed by atoms with van der Waals surface area (Å²) in [7, 11) is 4.24. The number of nitrogens with zero attached hydrogens (tertiary/aromatic N) is 7. The molecule has 0 aliphatic carbocycles. The van der Waals surface area contributed by atoms with E-state index in [1.165, 1.54) is 18.7 Å². The number of ether oxygens (including phenoxy) is 1. The van der Waals surface area contributed by atoms with Gasteiger partial charge in [0.2, 0.25) is 11.7 Å². The molecule has 1 N–H and O–H groups in total. The monoisotopic (exact) mass is 588 g/mol. The molecular weight excluding hydrogens is 568 g/mol. The number of thioether (sulfide) groups is 1. The number of nitrogens with one attached hydrogen (secondary N) is 1. The van der Waals surface area contributed by atoms with Gasteiger partial charge in [0.05, 0.1) is 25.1 Å². The average molecular weight is 589 g/mol. The second kappa shape index (κ2) is 10.3. The van der Waals surface area contributed by atoms with Gasteiger partial charge < -0.3 is 10.1 Å². The minimum atomic E-state index is -0.530. The molecule has 4 aromatic heterocycles. The fourth-order valence-corrected chi connectivity index (χ4v) is 5.82. The number of aryl methyl sites for hydroxylation is 2. The predicted octanol–water partition coefficient (Wildman–Crippen LogP) is 2.07. The highest BCUT2D eigenvalue weighted by molar-refractivity contribution is 7.99. The zero-order valence-electron chi connectivity index (χ0n) is 21.1. The van der Waals surface area contributed by atoms with Crippen LogP contribution < -0.4 is 16.6 Å². The van der Waals surface area contributed by atoms with Gasteiger partial charge in [-0.05, 0) is 24.6 Å². The number of thiazole rings is 1. The van der Waals surface area contributed by atoms with Crippen molar-refractivity contribution in [3.8, 4) is 0 Å². The summed E-state index contributed by atoms with van der Waals surface area (Å²) in [5, 5.41) is 12.3. The van der Waals surface area contributed by atoms with Gasteiger partial charge >= 0.3 is 11.7 Å². The fourth-order valence-electron chi connectivity index (χ4n) is 4.06. The molecule has 0 saturated carbocycles. The molecule has 0 bridgehead atoms. The van der Waals surface area contributed by atoms with E-state index in [-0.39, 0.29) is 22.9 Å². The van der Waals surface area contributed by atoms with Crippen molar-refractivity contribution >= 4 is 68.6 Å². The van der Waals surface area contributed by atoms with Crippen LogP contribution in [0.2, 0.25) is 5.02 Å². The van der Waals surface area contributed by atoms with Crippen LogP contribution in [-0.2, 0) is 30.2 Å².